The van der Waals surface area contributed by atoms with Crippen molar-refractivity contribution in [2.24, 2.45) is 0 Å². The molecule has 0 bridgehead atoms. The van der Waals surface area contributed by atoms with Crippen LogP contribution in [0.1, 0.15) is 73.6 Å². The summed E-state index contributed by atoms with van der Waals surface area (Å²) in [5.74, 6) is 0.756. The normalized spacial score (nSPS) is 23.6. The van der Waals surface area contributed by atoms with Crippen LogP contribution < -0.4 is 5.32 Å². The van der Waals surface area contributed by atoms with Crippen LogP contribution in [0.3, 0.4) is 0 Å². The van der Waals surface area contributed by atoms with Crippen molar-refractivity contribution in [3.63, 3.8) is 0 Å². The summed E-state index contributed by atoms with van der Waals surface area (Å²) in [6.45, 7) is 10.2. The van der Waals surface area contributed by atoms with Crippen molar-refractivity contribution in [3.05, 3.63) is 34.4 Å². The topological polar surface area (TPSA) is 12.0 Å². The first kappa shape index (κ1) is 15.6. The molecule has 2 atom stereocenters. The lowest BCUT2D eigenvalue weighted by molar-refractivity contribution is 0.439. The maximum absolute atomic E-state index is 3.76. The molecular formula is C19H31N. The Morgan fingerprint density at radius 1 is 1.00 bits per heavy atom. The summed E-state index contributed by atoms with van der Waals surface area (Å²) in [4.78, 5) is 0. The molecule has 1 fully saturated rings. The molecule has 2 unspecified atom stereocenters. The zero-order valence-corrected chi connectivity index (χ0v) is 13.8. The van der Waals surface area contributed by atoms with Crippen LogP contribution in [0.5, 0.6) is 0 Å². The smallest absolute Gasteiger partial charge is 0.00728 e. The minimum atomic E-state index is 0.725. The first-order valence-corrected chi connectivity index (χ1v) is 8.43. The second-order valence-electron chi connectivity index (χ2n) is 6.66. The quantitative estimate of drug-likeness (QED) is 0.759. The van der Waals surface area contributed by atoms with E-state index in [4.69, 9.17) is 0 Å². The van der Waals surface area contributed by atoms with Crippen molar-refractivity contribution in [2.45, 2.75) is 78.2 Å². The number of nitrogens with one attached hydrogen (secondary N) is 1. The fraction of sp³-hybridized carbons (Fsp3) is 0.684. The molecule has 0 aliphatic heterocycles. The third-order valence-corrected chi connectivity index (χ3v) is 4.93. The first-order valence-electron chi connectivity index (χ1n) is 8.43. The van der Waals surface area contributed by atoms with E-state index >= 15 is 0 Å². The Hall–Kier alpha value is -0.820. The lowest BCUT2D eigenvalue weighted by atomic mass is 9.85. The SMILES string of the molecule is CCCNC1CCCCC(c2cc(C)c(C)cc2C)C1. The molecule has 0 spiro atoms. The molecular weight excluding hydrogens is 242 g/mol. The number of rotatable bonds is 4. The molecule has 20 heavy (non-hydrogen) atoms. The predicted octanol–water partition coefficient (Wildman–Crippen LogP) is 5.03. The average Bonchev–Trinajstić information content (AvgIpc) is 2.66. The maximum Gasteiger partial charge on any atom is 0.00728 e. The van der Waals surface area contributed by atoms with Crippen molar-refractivity contribution in [2.75, 3.05) is 6.54 Å². The van der Waals surface area contributed by atoms with Gasteiger partial charge in [0.25, 0.3) is 0 Å². The lowest BCUT2D eigenvalue weighted by Gasteiger charge is -2.23. The van der Waals surface area contributed by atoms with Gasteiger partial charge in [-0.2, -0.15) is 0 Å². The van der Waals surface area contributed by atoms with E-state index in [1.54, 1.807) is 5.56 Å². The van der Waals surface area contributed by atoms with Crippen molar-refractivity contribution < 1.29 is 0 Å². The molecule has 1 N–H and O–H groups in total. The number of benzene rings is 1. The third kappa shape index (κ3) is 3.85. The molecule has 1 aliphatic carbocycles. The Morgan fingerprint density at radius 2 is 1.70 bits per heavy atom. The van der Waals surface area contributed by atoms with Crippen molar-refractivity contribution in [1.82, 2.24) is 5.32 Å². The van der Waals surface area contributed by atoms with Gasteiger partial charge in [0.1, 0.15) is 0 Å². The van der Waals surface area contributed by atoms with Gasteiger partial charge in [-0.25, -0.2) is 0 Å². The van der Waals surface area contributed by atoms with E-state index in [0.717, 1.165) is 12.0 Å². The van der Waals surface area contributed by atoms with Crippen LogP contribution in [-0.2, 0) is 0 Å². The fourth-order valence-electron chi connectivity index (χ4n) is 3.60. The first-order chi connectivity index (χ1) is 9.61. The highest BCUT2D eigenvalue weighted by Crippen LogP contribution is 2.34. The van der Waals surface area contributed by atoms with Gasteiger partial charge in [-0.15, -0.1) is 0 Å². The van der Waals surface area contributed by atoms with Gasteiger partial charge < -0.3 is 5.32 Å². The zero-order valence-electron chi connectivity index (χ0n) is 13.8. The maximum atomic E-state index is 3.76. The lowest BCUT2D eigenvalue weighted by Crippen LogP contribution is -2.30. The fourth-order valence-corrected chi connectivity index (χ4v) is 3.60. The van der Waals surface area contributed by atoms with Crippen LogP contribution in [0, 0.1) is 20.8 Å². The van der Waals surface area contributed by atoms with E-state index in [1.165, 1.54) is 61.8 Å². The van der Waals surface area contributed by atoms with Gasteiger partial charge in [0.2, 0.25) is 0 Å². The summed E-state index contributed by atoms with van der Waals surface area (Å²) in [5, 5.41) is 3.76. The van der Waals surface area contributed by atoms with E-state index in [1.807, 2.05) is 0 Å². The standard InChI is InChI=1S/C19H31N/c1-5-10-20-18-9-7-6-8-17(13-18)19-12-15(3)14(2)11-16(19)4/h11-12,17-18,20H,5-10,13H2,1-4H3. The molecule has 0 saturated heterocycles. The molecule has 1 aromatic rings. The minimum Gasteiger partial charge on any atom is -0.314 e. The van der Waals surface area contributed by atoms with Crippen LogP contribution in [0.15, 0.2) is 12.1 Å². The molecule has 2 rings (SSSR count). The van der Waals surface area contributed by atoms with Gasteiger partial charge in [0.15, 0.2) is 0 Å². The monoisotopic (exact) mass is 273 g/mol. The Bertz CT molecular complexity index is 436. The molecule has 1 aliphatic rings. The largest absolute Gasteiger partial charge is 0.314 e. The molecule has 0 amide bonds. The van der Waals surface area contributed by atoms with E-state index in [-0.39, 0.29) is 0 Å². The molecule has 112 valence electrons. The van der Waals surface area contributed by atoms with Gasteiger partial charge in [0, 0.05) is 6.04 Å². The van der Waals surface area contributed by atoms with Gasteiger partial charge in [-0.3, -0.25) is 0 Å². The number of aryl methyl sites for hydroxylation is 3. The minimum absolute atomic E-state index is 0.725. The predicted molar refractivity (Wildman–Crippen MR) is 88.6 cm³/mol. The Balaban J connectivity index is 2.15. The van der Waals surface area contributed by atoms with Crippen molar-refractivity contribution in [1.29, 1.82) is 0 Å². The molecule has 1 heteroatoms. The van der Waals surface area contributed by atoms with Crippen LogP contribution >= 0.6 is 0 Å². The summed E-state index contributed by atoms with van der Waals surface area (Å²) < 4.78 is 0. The summed E-state index contributed by atoms with van der Waals surface area (Å²) >= 11 is 0. The Morgan fingerprint density at radius 3 is 2.45 bits per heavy atom. The van der Waals surface area contributed by atoms with Gasteiger partial charge in [0.05, 0.1) is 0 Å². The average molecular weight is 273 g/mol. The number of hydrogen-bond donors (Lipinski definition) is 1. The zero-order chi connectivity index (χ0) is 14.5. The highest BCUT2D eigenvalue weighted by Gasteiger charge is 2.22. The van der Waals surface area contributed by atoms with Crippen LogP contribution in [0.25, 0.3) is 0 Å². The molecule has 0 aromatic heterocycles. The van der Waals surface area contributed by atoms with E-state index < -0.39 is 0 Å². The van der Waals surface area contributed by atoms with E-state index in [9.17, 15) is 0 Å². The highest BCUT2D eigenvalue weighted by molar-refractivity contribution is 5.38. The second kappa shape index (κ2) is 7.26. The summed E-state index contributed by atoms with van der Waals surface area (Å²) in [7, 11) is 0. The van der Waals surface area contributed by atoms with E-state index in [2.05, 4.69) is 45.1 Å². The van der Waals surface area contributed by atoms with Crippen molar-refractivity contribution >= 4 is 0 Å². The molecule has 1 saturated carbocycles. The molecule has 1 nitrogen and oxygen atoms in total. The van der Waals surface area contributed by atoms with Crippen LogP contribution in [0.2, 0.25) is 0 Å². The molecule has 1 aromatic carbocycles. The van der Waals surface area contributed by atoms with Crippen LogP contribution in [-0.4, -0.2) is 12.6 Å². The summed E-state index contributed by atoms with van der Waals surface area (Å²) in [6, 6.07) is 5.56. The summed E-state index contributed by atoms with van der Waals surface area (Å²) in [6.07, 6.45) is 8.07. The van der Waals surface area contributed by atoms with Gasteiger partial charge >= 0.3 is 0 Å². The Labute approximate surface area is 125 Å². The number of hydrogen-bond acceptors (Lipinski definition) is 1. The van der Waals surface area contributed by atoms with Gasteiger partial charge in [-0.1, -0.05) is 31.9 Å². The van der Waals surface area contributed by atoms with E-state index in [0.29, 0.717) is 0 Å². The van der Waals surface area contributed by atoms with Crippen LogP contribution in [0.4, 0.5) is 0 Å². The second-order valence-corrected chi connectivity index (χ2v) is 6.66. The highest BCUT2D eigenvalue weighted by atomic mass is 14.9. The van der Waals surface area contributed by atoms with Gasteiger partial charge in [-0.05, 0) is 81.2 Å². The summed E-state index contributed by atoms with van der Waals surface area (Å²) in [5.41, 5.74) is 5.99. The third-order valence-electron chi connectivity index (χ3n) is 4.93. The Kier molecular flexibility index (Phi) is 5.65. The molecule has 0 radical (unpaired) electrons. The molecule has 0 heterocycles. The van der Waals surface area contributed by atoms with Crippen molar-refractivity contribution in [3.8, 4) is 0 Å².